The average molecular weight is 399 g/mol. The van der Waals surface area contributed by atoms with E-state index in [1.807, 2.05) is 6.07 Å². The molecule has 2 amide bonds. The Bertz CT molecular complexity index is 961. The number of carboxylic acid groups (broad SMARTS) is 1. The van der Waals surface area contributed by atoms with Crippen LogP contribution in [-0.2, 0) is 22.7 Å². The third kappa shape index (κ3) is 3.97. The zero-order valence-corrected chi connectivity index (χ0v) is 15.6. The number of ether oxygens (including phenoxy) is 1. The van der Waals surface area contributed by atoms with Crippen molar-refractivity contribution in [2.24, 2.45) is 5.73 Å². The number of thiophene rings is 1. The highest BCUT2D eigenvalue weighted by molar-refractivity contribution is 7.10. The first-order valence-corrected chi connectivity index (χ1v) is 9.33. The molecule has 1 atom stereocenters. The molecule has 0 spiro atoms. The fourth-order valence-electron chi connectivity index (χ4n) is 3.03. The molecule has 0 saturated carbocycles. The van der Waals surface area contributed by atoms with Gasteiger partial charge in [0.05, 0.1) is 17.2 Å². The molecule has 28 heavy (non-hydrogen) atoms. The number of benzene rings is 1. The van der Waals surface area contributed by atoms with E-state index < -0.39 is 17.9 Å². The zero-order chi connectivity index (χ0) is 20.3. The third-order valence-electron chi connectivity index (χ3n) is 4.49. The normalized spacial score (nSPS) is 13.7. The Hall–Kier alpha value is -3.38. The molecule has 2 heterocycles. The minimum atomic E-state index is -1.05. The first kappa shape index (κ1) is 19.4. The van der Waals surface area contributed by atoms with Crippen molar-refractivity contribution in [3.8, 4) is 11.8 Å². The Balaban J connectivity index is 1.71. The Morgan fingerprint density at radius 3 is 2.68 bits per heavy atom. The van der Waals surface area contributed by atoms with Gasteiger partial charge in [-0.05, 0) is 30.7 Å². The lowest BCUT2D eigenvalue weighted by atomic mass is 10.1. The van der Waals surface area contributed by atoms with Gasteiger partial charge in [-0.15, -0.1) is 11.3 Å². The zero-order valence-electron chi connectivity index (χ0n) is 14.8. The molecule has 144 valence electrons. The van der Waals surface area contributed by atoms with Crippen molar-refractivity contribution in [2.75, 3.05) is 0 Å². The van der Waals surface area contributed by atoms with E-state index in [0.29, 0.717) is 16.9 Å². The van der Waals surface area contributed by atoms with Crippen LogP contribution in [0.4, 0.5) is 0 Å². The van der Waals surface area contributed by atoms with Gasteiger partial charge in [0.2, 0.25) is 5.91 Å². The Morgan fingerprint density at radius 2 is 2.07 bits per heavy atom. The van der Waals surface area contributed by atoms with Gasteiger partial charge in [-0.3, -0.25) is 14.4 Å². The minimum Gasteiger partial charge on any atom is -0.488 e. The van der Waals surface area contributed by atoms with Gasteiger partial charge < -0.3 is 20.5 Å². The Kier molecular flexibility index (Phi) is 5.61. The fourth-order valence-corrected chi connectivity index (χ4v) is 3.98. The molecule has 9 heteroatoms. The molecule has 0 aliphatic carbocycles. The van der Waals surface area contributed by atoms with E-state index in [4.69, 9.17) is 20.8 Å². The van der Waals surface area contributed by atoms with Crippen LogP contribution in [0.2, 0.25) is 0 Å². The second kappa shape index (κ2) is 8.10. The summed E-state index contributed by atoms with van der Waals surface area (Å²) in [6, 6.07) is 7.76. The molecule has 1 aromatic carbocycles. The van der Waals surface area contributed by atoms with Crippen LogP contribution >= 0.6 is 11.3 Å². The quantitative estimate of drug-likeness (QED) is 0.696. The average Bonchev–Trinajstić information content (AvgIpc) is 3.21. The second-order valence-corrected chi connectivity index (χ2v) is 7.22. The van der Waals surface area contributed by atoms with Gasteiger partial charge in [-0.25, -0.2) is 0 Å². The molecule has 0 saturated heterocycles. The number of hydrogen-bond acceptors (Lipinski definition) is 6. The molecule has 1 unspecified atom stereocenters. The predicted octanol–water partition coefficient (Wildman–Crippen LogP) is 1.87. The molecule has 1 aliphatic rings. The van der Waals surface area contributed by atoms with Gasteiger partial charge in [0.15, 0.2) is 0 Å². The lowest BCUT2D eigenvalue weighted by molar-refractivity contribution is -0.137. The van der Waals surface area contributed by atoms with Gasteiger partial charge in [0, 0.05) is 28.8 Å². The smallest absolute Gasteiger partial charge is 0.303 e. The van der Waals surface area contributed by atoms with E-state index in [-0.39, 0.29) is 31.9 Å². The van der Waals surface area contributed by atoms with Crippen molar-refractivity contribution >= 4 is 29.1 Å². The van der Waals surface area contributed by atoms with E-state index in [0.717, 1.165) is 10.4 Å². The minimum absolute atomic E-state index is 0.0266. The van der Waals surface area contributed by atoms with Gasteiger partial charge in [0.25, 0.3) is 5.91 Å². The predicted molar refractivity (Wildman–Crippen MR) is 99.5 cm³/mol. The number of rotatable bonds is 8. The number of carboxylic acids is 1. The molecule has 1 aromatic heterocycles. The van der Waals surface area contributed by atoms with Crippen molar-refractivity contribution in [3.63, 3.8) is 0 Å². The van der Waals surface area contributed by atoms with Gasteiger partial charge in [0.1, 0.15) is 18.4 Å². The number of aliphatic carboxylic acids is 1. The molecule has 3 rings (SSSR count). The maximum Gasteiger partial charge on any atom is 0.303 e. The maximum absolute atomic E-state index is 12.7. The van der Waals surface area contributed by atoms with E-state index >= 15 is 0 Å². The first-order valence-electron chi connectivity index (χ1n) is 8.45. The summed E-state index contributed by atoms with van der Waals surface area (Å²) in [6.45, 7) is 0.431. The molecule has 2 aromatic rings. The molecule has 0 fully saturated rings. The van der Waals surface area contributed by atoms with Gasteiger partial charge in [-0.2, -0.15) is 5.26 Å². The maximum atomic E-state index is 12.7. The molecule has 0 bridgehead atoms. The molecule has 1 aliphatic heterocycles. The monoisotopic (exact) mass is 399 g/mol. The van der Waals surface area contributed by atoms with Crippen LogP contribution in [0.5, 0.6) is 5.75 Å². The highest BCUT2D eigenvalue weighted by Crippen LogP contribution is 2.33. The van der Waals surface area contributed by atoms with E-state index in [1.165, 1.54) is 16.2 Å². The SMILES string of the molecule is N#Cc1ccc(OCc2scc3c2CN(C(CCC(=O)O)C(N)=O)C3=O)cc1. The molecule has 8 nitrogen and oxygen atoms in total. The summed E-state index contributed by atoms with van der Waals surface area (Å²) >= 11 is 1.39. The lowest BCUT2D eigenvalue weighted by Gasteiger charge is -2.24. The van der Waals surface area contributed by atoms with Crippen molar-refractivity contribution in [1.29, 1.82) is 5.26 Å². The summed E-state index contributed by atoms with van der Waals surface area (Å²) in [4.78, 5) is 37.4. The van der Waals surface area contributed by atoms with Crippen molar-refractivity contribution in [2.45, 2.75) is 32.0 Å². The number of nitrogens with zero attached hydrogens (tertiary/aromatic N) is 2. The lowest BCUT2D eigenvalue weighted by Crippen LogP contribution is -2.45. The Labute approximate surface area is 164 Å². The summed E-state index contributed by atoms with van der Waals surface area (Å²) in [6.07, 6.45) is -0.278. The van der Waals surface area contributed by atoms with Crippen molar-refractivity contribution in [1.82, 2.24) is 4.90 Å². The van der Waals surface area contributed by atoms with Crippen molar-refractivity contribution < 1.29 is 24.2 Å². The standard InChI is InChI=1S/C19H17N3O5S/c20-7-11-1-3-12(4-2-11)27-9-16-13-8-22(19(26)14(13)10-28-16)15(18(21)25)5-6-17(23)24/h1-4,10,15H,5-6,8-9H2,(H2,21,25)(H,23,24). The number of fused-ring (bicyclic) bond motifs is 1. The molecular formula is C19H17N3O5S. The summed E-state index contributed by atoms with van der Waals surface area (Å²) < 4.78 is 5.73. The number of primary amides is 1. The van der Waals surface area contributed by atoms with Gasteiger partial charge >= 0.3 is 5.97 Å². The molecule has 0 radical (unpaired) electrons. The highest BCUT2D eigenvalue weighted by atomic mass is 32.1. The van der Waals surface area contributed by atoms with Crippen LogP contribution < -0.4 is 10.5 Å². The van der Waals surface area contributed by atoms with E-state index in [2.05, 4.69) is 0 Å². The summed E-state index contributed by atoms with van der Waals surface area (Å²) in [5.74, 6) is -1.51. The number of hydrogen-bond donors (Lipinski definition) is 2. The number of nitriles is 1. The van der Waals surface area contributed by atoms with Gasteiger partial charge in [-0.1, -0.05) is 0 Å². The summed E-state index contributed by atoms with van der Waals surface area (Å²) in [5, 5.41) is 19.4. The van der Waals surface area contributed by atoms with Crippen LogP contribution in [-0.4, -0.2) is 33.8 Å². The highest BCUT2D eigenvalue weighted by Gasteiger charge is 2.37. The summed E-state index contributed by atoms with van der Waals surface area (Å²) in [5.41, 5.74) is 7.19. The molecular weight excluding hydrogens is 382 g/mol. The second-order valence-electron chi connectivity index (χ2n) is 6.26. The number of carbonyl (C=O) groups excluding carboxylic acids is 2. The van der Waals surface area contributed by atoms with E-state index in [9.17, 15) is 14.4 Å². The number of nitrogens with two attached hydrogens (primary N) is 1. The number of carbonyl (C=O) groups is 3. The van der Waals surface area contributed by atoms with Crippen LogP contribution in [0.3, 0.4) is 0 Å². The largest absolute Gasteiger partial charge is 0.488 e. The van der Waals surface area contributed by atoms with Crippen LogP contribution in [0.25, 0.3) is 0 Å². The topological polar surface area (TPSA) is 134 Å². The fraction of sp³-hybridized carbons (Fsp3) is 0.263. The third-order valence-corrected chi connectivity index (χ3v) is 5.49. The first-order chi connectivity index (χ1) is 13.4. The summed E-state index contributed by atoms with van der Waals surface area (Å²) in [7, 11) is 0. The molecule has 3 N–H and O–H groups in total. The van der Waals surface area contributed by atoms with Crippen LogP contribution in [0.1, 0.15) is 39.2 Å². The van der Waals surface area contributed by atoms with E-state index in [1.54, 1.807) is 29.6 Å². The van der Waals surface area contributed by atoms with Crippen LogP contribution in [0, 0.1) is 11.3 Å². The van der Waals surface area contributed by atoms with Crippen molar-refractivity contribution in [3.05, 3.63) is 51.2 Å². The number of amides is 2. The Morgan fingerprint density at radius 1 is 1.36 bits per heavy atom. The van der Waals surface area contributed by atoms with Crippen LogP contribution in [0.15, 0.2) is 29.6 Å².